The van der Waals surface area contributed by atoms with Gasteiger partial charge in [0.1, 0.15) is 0 Å². The largest absolute Gasteiger partial charge is 0.621 e. The van der Waals surface area contributed by atoms with Crippen molar-refractivity contribution in [2.24, 2.45) is 5.73 Å². The van der Waals surface area contributed by atoms with Crippen LogP contribution in [0.3, 0.4) is 0 Å². The molecule has 0 spiro atoms. The Balaban J connectivity index is 2.99. The van der Waals surface area contributed by atoms with Crippen molar-refractivity contribution in [3.05, 3.63) is 0 Å². The first-order chi connectivity index (χ1) is 3.81. The van der Waals surface area contributed by atoms with Gasteiger partial charge < -0.3 is 9.52 Å². The van der Waals surface area contributed by atoms with Gasteiger partial charge in [-0.2, -0.15) is 0 Å². The SMILES string of the molecule is NCCCC(=O)[O][AlH2]. The Hall–Kier alpha value is -0.0375. The molecule has 0 aliphatic heterocycles. The van der Waals surface area contributed by atoms with E-state index in [2.05, 4.69) is 3.79 Å². The van der Waals surface area contributed by atoms with Gasteiger partial charge in [-0.15, -0.1) is 0 Å². The molecule has 0 aromatic heterocycles. The average molecular weight is 131 g/mol. The van der Waals surface area contributed by atoms with Crippen LogP contribution in [0.15, 0.2) is 0 Å². The minimum atomic E-state index is -0.123. The molecule has 0 aromatic rings. The van der Waals surface area contributed by atoms with Crippen molar-refractivity contribution in [3.8, 4) is 0 Å². The molecule has 0 heterocycles. The maximum atomic E-state index is 10.3. The summed E-state index contributed by atoms with van der Waals surface area (Å²) in [5, 5.41) is 0. The quantitative estimate of drug-likeness (QED) is 0.490. The lowest BCUT2D eigenvalue weighted by Gasteiger charge is -1.96. The lowest BCUT2D eigenvalue weighted by atomic mass is 10.3. The topological polar surface area (TPSA) is 52.3 Å². The molecule has 0 aromatic carbocycles. The minimum absolute atomic E-state index is 0.123. The fourth-order valence-electron chi connectivity index (χ4n) is 0.348. The summed E-state index contributed by atoms with van der Waals surface area (Å²) in [5.41, 5.74) is 5.14. The Bertz CT molecular complexity index is 76.4. The number of carbonyl (C=O) groups excluding carboxylic acids is 1. The highest BCUT2D eigenvalue weighted by atomic mass is 27.1. The van der Waals surface area contributed by atoms with E-state index in [4.69, 9.17) is 5.73 Å². The first-order valence-electron chi connectivity index (χ1n) is 2.58. The maximum Gasteiger partial charge on any atom is 0.499 e. The van der Waals surface area contributed by atoms with Crippen LogP contribution in [0.2, 0.25) is 0 Å². The van der Waals surface area contributed by atoms with Crippen molar-refractivity contribution in [1.29, 1.82) is 0 Å². The Morgan fingerprint density at radius 2 is 2.38 bits per heavy atom. The van der Waals surface area contributed by atoms with Crippen molar-refractivity contribution in [2.75, 3.05) is 6.54 Å². The van der Waals surface area contributed by atoms with E-state index >= 15 is 0 Å². The van der Waals surface area contributed by atoms with Crippen LogP contribution in [0.5, 0.6) is 0 Å². The molecule has 0 radical (unpaired) electrons. The number of carbonyl (C=O) groups is 1. The van der Waals surface area contributed by atoms with Gasteiger partial charge in [-0.1, -0.05) is 0 Å². The summed E-state index contributed by atoms with van der Waals surface area (Å²) >= 11 is 0.499. The number of nitrogens with two attached hydrogens (primary N) is 1. The number of hydrogen-bond donors (Lipinski definition) is 1. The van der Waals surface area contributed by atoms with Gasteiger partial charge in [-0.3, -0.25) is 4.79 Å². The lowest BCUT2D eigenvalue weighted by molar-refractivity contribution is -0.134. The molecule has 0 atom stereocenters. The van der Waals surface area contributed by atoms with Crippen LogP contribution in [0.25, 0.3) is 0 Å². The zero-order chi connectivity index (χ0) is 6.41. The summed E-state index contributed by atoms with van der Waals surface area (Å²) in [6, 6.07) is 0. The third-order valence-electron chi connectivity index (χ3n) is 0.813. The zero-order valence-electron chi connectivity index (χ0n) is 5.02. The highest BCUT2D eigenvalue weighted by Gasteiger charge is 1.94. The van der Waals surface area contributed by atoms with E-state index in [1.54, 1.807) is 0 Å². The predicted molar refractivity (Wildman–Crippen MR) is 32.9 cm³/mol. The van der Waals surface area contributed by atoms with Crippen LogP contribution < -0.4 is 5.73 Å². The summed E-state index contributed by atoms with van der Waals surface area (Å²) in [4.78, 5) is 10.3. The third-order valence-corrected chi connectivity index (χ3v) is 1.27. The van der Waals surface area contributed by atoms with Gasteiger partial charge in [-0.05, 0) is 13.0 Å². The Labute approximate surface area is 56.9 Å². The van der Waals surface area contributed by atoms with Crippen molar-refractivity contribution in [2.45, 2.75) is 12.8 Å². The lowest BCUT2D eigenvalue weighted by Crippen LogP contribution is -2.05. The first kappa shape index (κ1) is 7.96. The van der Waals surface area contributed by atoms with E-state index in [1.807, 2.05) is 0 Å². The molecule has 0 aliphatic carbocycles. The molecular formula is C4H10AlNO2. The van der Waals surface area contributed by atoms with Crippen molar-refractivity contribution in [3.63, 3.8) is 0 Å². The van der Waals surface area contributed by atoms with Gasteiger partial charge in [0.25, 0.3) is 5.97 Å². The number of rotatable bonds is 3. The molecule has 3 nitrogen and oxygen atoms in total. The summed E-state index contributed by atoms with van der Waals surface area (Å²) in [5.74, 6) is -0.123. The molecule has 0 saturated heterocycles. The van der Waals surface area contributed by atoms with Crippen molar-refractivity contribution in [1.82, 2.24) is 0 Å². The molecule has 0 bridgehead atoms. The fourth-order valence-corrected chi connectivity index (χ4v) is 0.553. The molecule has 0 unspecified atom stereocenters. The summed E-state index contributed by atoms with van der Waals surface area (Å²) in [6.45, 7) is 0.566. The standard InChI is InChI=1S/C4H9NO2.Al.2H/c5-3-1-2-4(6)7;;;/h1-3,5H2,(H,6,7);;;/q;+1;;/p-1. The van der Waals surface area contributed by atoms with Gasteiger partial charge in [-0.25, -0.2) is 0 Å². The summed E-state index contributed by atoms with van der Waals surface area (Å²) < 4.78 is 4.50. The Morgan fingerprint density at radius 3 is 2.75 bits per heavy atom. The maximum absolute atomic E-state index is 10.3. The Morgan fingerprint density at radius 1 is 1.75 bits per heavy atom. The van der Waals surface area contributed by atoms with Crippen molar-refractivity contribution < 1.29 is 8.58 Å². The second-order valence-electron chi connectivity index (χ2n) is 1.47. The van der Waals surface area contributed by atoms with Crippen molar-refractivity contribution >= 4 is 22.6 Å². The summed E-state index contributed by atoms with van der Waals surface area (Å²) in [6.07, 6.45) is 1.21. The minimum Gasteiger partial charge on any atom is -0.621 e. The van der Waals surface area contributed by atoms with Crippen LogP contribution in [-0.4, -0.2) is 29.1 Å². The van der Waals surface area contributed by atoms with Crippen LogP contribution in [0.4, 0.5) is 0 Å². The van der Waals surface area contributed by atoms with Gasteiger partial charge in [0.05, 0.1) is 0 Å². The number of hydrogen-bond acceptors (Lipinski definition) is 3. The van der Waals surface area contributed by atoms with E-state index in [-0.39, 0.29) is 5.97 Å². The fraction of sp³-hybridized carbons (Fsp3) is 0.750. The van der Waals surface area contributed by atoms with Gasteiger partial charge >= 0.3 is 16.6 Å². The first-order valence-corrected chi connectivity index (χ1v) is 3.39. The molecule has 2 N–H and O–H groups in total. The average Bonchev–Trinajstić information content (AvgIpc) is 1.83. The molecular weight excluding hydrogens is 121 g/mol. The van der Waals surface area contributed by atoms with Gasteiger partial charge in [0.2, 0.25) is 0 Å². The van der Waals surface area contributed by atoms with Crippen LogP contribution in [-0.2, 0) is 8.58 Å². The monoisotopic (exact) mass is 131 g/mol. The molecule has 0 aliphatic rings. The Kier molecular flexibility index (Phi) is 5.08. The highest BCUT2D eigenvalue weighted by Crippen LogP contribution is 1.86. The highest BCUT2D eigenvalue weighted by molar-refractivity contribution is 6.05. The molecule has 0 rings (SSSR count). The normalized spacial score (nSPS) is 8.62. The molecule has 4 heteroatoms. The smallest absolute Gasteiger partial charge is 0.499 e. The zero-order valence-corrected chi connectivity index (χ0v) is 7.02. The summed E-state index contributed by atoms with van der Waals surface area (Å²) in [7, 11) is 0. The van der Waals surface area contributed by atoms with Gasteiger partial charge in [0, 0.05) is 6.42 Å². The molecule has 0 saturated carbocycles. The van der Waals surface area contributed by atoms with E-state index in [9.17, 15) is 4.79 Å². The third kappa shape index (κ3) is 4.13. The second kappa shape index (κ2) is 5.11. The molecule has 8 heavy (non-hydrogen) atoms. The second-order valence-corrected chi connectivity index (χ2v) is 1.88. The van der Waals surface area contributed by atoms with Crippen LogP contribution in [0, 0.1) is 0 Å². The molecule has 0 amide bonds. The van der Waals surface area contributed by atoms with Gasteiger partial charge in [0.15, 0.2) is 0 Å². The molecule has 46 valence electrons. The van der Waals surface area contributed by atoms with E-state index in [0.717, 1.165) is 6.42 Å². The van der Waals surface area contributed by atoms with E-state index < -0.39 is 0 Å². The van der Waals surface area contributed by atoms with E-state index in [0.29, 0.717) is 29.6 Å². The molecule has 0 fully saturated rings. The predicted octanol–water partition coefficient (Wildman–Crippen LogP) is -1.18. The van der Waals surface area contributed by atoms with E-state index in [1.165, 1.54) is 0 Å². The van der Waals surface area contributed by atoms with Crippen LogP contribution >= 0.6 is 0 Å². The van der Waals surface area contributed by atoms with Crippen LogP contribution in [0.1, 0.15) is 12.8 Å².